The fourth-order valence-corrected chi connectivity index (χ4v) is 2.26. The van der Waals surface area contributed by atoms with Crippen LogP contribution in [-0.4, -0.2) is 18.0 Å². The Labute approximate surface area is 144 Å². The van der Waals surface area contributed by atoms with Gasteiger partial charge in [0.15, 0.2) is 0 Å². The molecule has 0 spiro atoms. The highest BCUT2D eigenvalue weighted by molar-refractivity contribution is 6.07. The van der Waals surface area contributed by atoms with Gasteiger partial charge in [0, 0.05) is 17.6 Å². The fraction of sp³-hybridized carbons (Fsp3) is 0.0526. The number of hydrogen-bond donors (Lipinski definition) is 2. The Morgan fingerprint density at radius 1 is 1.04 bits per heavy atom. The van der Waals surface area contributed by atoms with Gasteiger partial charge in [-0.05, 0) is 54.6 Å². The van der Waals surface area contributed by atoms with E-state index < -0.39 is 0 Å². The molecule has 3 aromatic rings. The molecule has 1 aromatic heterocycles. The van der Waals surface area contributed by atoms with E-state index in [0.29, 0.717) is 28.5 Å². The highest BCUT2D eigenvalue weighted by Crippen LogP contribution is 2.21. The zero-order valence-corrected chi connectivity index (χ0v) is 13.5. The molecule has 0 fully saturated rings. The van der Waals surface area contributed by atoms with Crippen LogP contribution < -0.4 is 15.4 Å². The van der Waals surface area contributed by atoms with Crippen molar-refractivity contribution in [1.82, 2.24) is 4.98 Å². The number of methoxy groups -OCH3 is 1. The van der Waals surface area contributed by atoms with Crippen LogP contribution in [0.3, 0.4) is 0 Å². The number of amides is 1. The lowest BCUT2D eigenvalue weighted by molar-refractivity contribution is 0.102. The molecule has 6 heteroatoms. The third kappa shape index (κ3) is 4.11. The van der Waals surface area contributed by atoms with Crippen molar-refractivity contribution in [2.75, 3.05) is 17.7 Å². The normalized spacial score (nSPS) is 10.2. The minimum Gasteiger partial charge on any atom is -0.497 e. The van der Waals surface area contributed by atoms with Gasteiger partial charge in [-0.2, -0.15) is 0 Å². The van der Waals surface area contributed by atoms with Crippen LogP contribution in [0, 0.1) is 5.82 Å². The van der Waals surface area contributed by atoms with Crippen LogP contribution in [0.5, 0.6) is 5.75 Å². The van der Waals surface area contributed by atoms with Gasteiger partial charge in [-0.15, -0.1) is 0 Å². The Bertz CT molecular complexity index is 882. The first-order chi connectivity index (χ1) is 12.2. The predicted molar refractivity (Wildman–Crippen MR) is 94.9 cm³/mol. The highest BCUT2D eigenvalue weighted by atomic mass is 19.1. The second-order valence-electron chi connectivity index (χ2n) is 5.22. The van der Waals surface area contributed by atoms with Crippen molar-refractivity contribution in [3.8, 4) is 5.75 Å². The van der Waals surface area contributed by atoms with Crippen LogP contribution in [-0.2, 0) is 0 Å². The third-order valence-corrected chi connectivity index (χ3v) is 3.49. The predicted octanol–water partition coefficient (Wildman–Crippen LogP) is 4.23. The van der Waals surface area contributed by atoms with Crippen molar-refractivity contribution in [2.24, 2.45) is 0 Å². The smallest absolute Gasteiger partial charge is 0.259 e. The average Bonchev–Trinajstić information content (AvgIpc) is 2.63. The number of pyridine rings is 1. The number of rotatable bonds is 5. The first-order valence-corrected chi connectivity index (χ1v) is 7.59. The quantitative estimate of drug-likeness (QED) is 0.731. The molecule has 3 rings (SSSR count). The standard InChI is InChI=1S/C19H16FN3O2/c1-25-16-9-7-14(8-10-16)23-19(24)17-6-3-11-21-18(17)22-15-5-2-4-13(20)12-15/h2-12H,1H3,(H,21,22)(H,23,24). The van der Waals surface area contributed by atoms with E-state index in [1.54, 1.807) is 61.8 Å². The van der Waals surface area contributed by atoms with Gasteiger partial charge >= 0.3 is 0 Å². The molecule has 0 aliphatic rings. The summed E-state index contributed by atoms with van der Waals surface area (Å²) in [4.78, 5) is 16.7. The summed E-state index contributed by atoms with van der Waals surface area (Å²) in [5.74, 6) is 0.356. The SMILES string of the molecule is COc1ccc(NC(=O)c2cccnc2Nc2cccc(F)c2)cc1. The molecule has 2 aromatic carbocycles. The number of anilines is 3. The molecule has 126 valence electrons. The van der Waals surface area contributed by atoms with Gasteiger partial charge in [-0.3, -0.25) is 4.79 Å². The summed E-state index contributed by atoms with van der Waals surface area (Å²) in [7, 11) is 1.58. The van der Waals surface area contributed by atoms with E-state index in [1.165, 1.54) is 12.1 Å². The van der Waals surface area contributed by atoms with Gasteiger partial charge in [0.1, 0.15) is 17.4 Å². The third-order valence-electron chi connectivity index (χ3n) is 3.49. The Hall–Kier alpha value is -3.41. The van der Waals surface area contributed by atoms with Gasteiger partial charge in [0.05, 0.1) is 12.7 Å². The maximum atomic E-state index is 13.3. The Balaban J connectivity index is 1.80. The van der Waals surface area contributed by atoms with Crippen LogP contribution in [0.25, 0.3) is 0 Å². The summed E-state index contributed by atoms with van der Waals surface area (Å²) in [5.41, 5.74) is 1.49. The molecule has 0 unspecified atom stereocenters. The van der Waals surface area contributed by atoms with Gasteiger partial charge in [-0.25, -0.2) is 9.37 Å². The molecule has 0 bridgehead atoms. The van der Waals surface area contributed by atoms with Crippen LogP contribution in [0.15, 0.2) is 66.9 Å². The van der Waals surface area contributed by atoms with E-state index in [2.05, 4.69) is 15.6 Å². The molecular weight excluding hydrogens is 321 g/mol. The number of carbonyl (C=O) groups is 1. The van der Waals surface area contributed by atoms with Crippen LogP contribution in [0.2, 0.25) is 0 Å². The largest absolute Gasteiger partial charge is 0.497 e. The number of ether oxygens (including phenoxy) is 1. The van der Waals surface area contributed by atoms with Gasteiger partial charge in [0.2, 0.25) is 0 Å². The molecule has 0 saturated carbocycles. The molecule has 0 radical (unpaired) electrons. The van der Waals surface area contributed by atoms with Gasteiger partial charge in [0.25, 0.3) is 5.91 Å². The van der Waals surface area contributed by atoms with Crippen molar-refractivity contribution < 1.29 is 13.9 Å². The van der Waals surface area contributed by atoms with Crippen LogP contribution in [0.4, 0.5) is 21.6 Å². The molecule has 0 aliphatic carbocycles. The number of nitrogens with zero attached hydrogens (tertiary/aromatic N) is 1. The molecule has 1 heterocycles. The first kappa shape index (κ1) is 16.4. The average molecular weight is 337 g/mol. The maximum absolute atomic E-state index is 13.3. The van der Waals surface area contributed by atoms with E-state index >= 15 is 0 Å². The lowest BCUT2D eigenvalue weighted by Crippen LogP contribution is -2.14. The molecule has 25 heavy (non-hydrogen) atoms. The molecule has 0 atom stereocenters. The Kier molecular flexibility index (Phi) is 4.89. The molecule has 2 N–H and O–H groups in total. The number of halogens is 1. The van der Waals surface area contributed by atoms with Crippen molar-refractivity contribution in [1.29, 1.82) is 0 Å². The lowest BCUT2D eigenvalue weighted by Gasteiger charge is -2.11. The van der Waals surface area contributed by atoms with E-state index in [4.69, 9.17) is 4.74 Å². The molecule has 1 amide bonds. The minimum atomic E-state index is -0.370. The van der Waals surface area contributed by atoms with E-state index in [0.717, 1.165) is 0 Å². The van der Waals surface area contributed by atoms with Crippen molar-refractivity contribution >= 4 is 23.1 Å². The number of nitrogens with one attached hydrogen (secondary N) is 2. The zero-order chi connectivity index (χ0) is 17.6. The number of benzene rings is 2. The molecule has 5 nitrogen and oxygen atoms in total. The first-order valence-electron chi connectivity index (χ1n) is 7.59. The molecule has 0 aliphatic heterocycles. The Morgan fingerprint density at radius 2 is 1.84 bits per heavy atom. The topological polar surface area (TPSA) is 63.2 Å². The summed E-state index contributed by atoms with van der Waals surface area (Å²) < 4.78 is 18.4. The summed E-state index contributed by atoms with van der Waals surface area (Å²) >= 11 is 0. The molecule has 0 saturated heterocycles. The minimum absolute atomic E-state index is 0.322. The van der Waals surface area contributed by atoms with Crippen molar-refractivity contribution in [3.63, 3.8) is 0 Å². The highest BCUT2D eigenvalue weighted by Gasteiger charge is 2.13. The number of carbonyl (C=O) groups excluding carboxylic acids is 1. The Morgan fingerprint density at radius 3 is 2.56 bits per heavy atom. The zero-order valence-electron chi connectivity index (χ0n) is 13.5. The monoisotopic (exact) mass is 337 g/mol. The van der Waals surface area contributed by atoms with Crippen LogP contribution >= 0.6 is 0 Å². The summed E-state index contributed by atoms with van der Waals surface area (Å²) in [5, 5.41) is 5.76. The second kappa shape index (κ2) is 7.44. The lowest BCUT2D eigenvalue weighted by atomic mass is 10.2. The molecular formula is C19H16FN3O2. The van der Waals surface area contributed by atoms with Gasteiger partial charge < -0.3 is 15.4 Å². The number of hydrogen-bond acceptors (Lipinski definition) is 4. The number of aromatic nitrogens is 1. The fourth-order valence-electron chi connectivity index (χ4n) is 2.26. The van der Waals surface area contributed by atoms with E-state index in [1.807, 2.05) is 0 Å². The summed E-state index contributed by atoms with van der Waals surface area (Å²) in [6.07, 6.45) is 1.56. The van der Waals surface area contributed by atoms with Crippen LogP contribution in [0.1, 0.15) is 10.4 Å². The summed E-state index contributed by atoms with van der Waals surface area (Å²) in [6.45, 7) is 0. The van der Waals surface area contributed by atoms with Crippen molar-refractivity contribution in [3.05, 3.63) is 78.2 Å². The van der Waals surface area contributed by atoms with E-state index in [9.17, 15) is 9.18 Å². The second-order valence-corrected chi connectivity index (χ2v) is 5.22. The van der Waals surface area contributed by atoms with Gasteiger partial charge in [-0.1, -0.05) is 6.07 Å². The van der Waals surface area contributed by atoms with E-state index in [-0.39, 0.29) is 11.7 Å². The van der Waals surface area contributed by atoms with Crippen molar-refractivity contribution in [2.45, 2.75) is 0 Å². The summed E-state index contributed by atoms with van der Waals surface area (Å²) in [6, 6.07) is 16.3. The maximum Gasteiger partial charge on any atom is 0.259 e.